The molecule has 0 radical (unpaired) electrons. The minimum absolute atomic E-state index is 0.168. The van der Waals surface area contributed by atoms with E-state index >= 15 is 0 Å². The van der Waals surface area contributed by atoms with Crippen LogP contribution in [0.15, 0.2) is 22.8 Å². The molecule has 3 nitrogen and oxygen atoms in total. The van der Waals surface area contributed by atoms with Gasteiger partial charge in [0, 0.05) is 6.04 Å². The van der Waals surface area contributed by atoms with Crippen LogP contribution in [0.5, 0.6) is 0 Å². The lowest BCUT2D eigenvalue weighted by Crippen LogP contribution is -2.42. The number of nitrogens with zero attached hydrogens (tertiary/aromatic N) is 1. The van der Waals surface area contributed by atoms with Crippen LogP contribution in [-0.2, 0) is 6.54 Å². The second-order valence-corrected chi connectivity index (χ2v) is 4.41. The number of aliphatic hydroxyl groups is 1. The summed E-state index contributed by atoms with van der Waals surface area (Å²) >= 11 is 0. The van der Waals surface area contributed by atoms with Crippen molar-refractivity contribution in [3.05, 3.63) is 24.2 Å². The SMILES string of the molecule is CN(Cc1ccco1)[C@H]1CCCC[C@@H]1O. The molecule has 1 heterocycles. The standard InChI is InChI=1S/C12H19NO2/c1-13(9-10-5-4-8-15-10)11-6-2-3-7-12(11)14/h4-5,8,11-12,14H,2-3,6-7,9H2,1H3/t11-,12-/m0/s1. The summed E-state index contributed by atoms with van der Waals surface area (Å²) < 4.78 is 5.31. The lowest BCUT2D eigenvalue weighted by molar-refractivity contribution is 0.0262. The third-order valence-electron chi connectivity index (χ3n) is 3.25. The number of hydrogen-bond donors (Lipinski definition) is 1. The van der Waals surface area contributed by atoms with E-state index in [9.17, 15) is 5.11 Å². The quantitative estimate of drug-likeness (QED) is 0.827. The lowest BCUT2D eigenvalue weighted by atomic mass is 9.91. The van der Waals surface area contributed by atoms with E-state index in [2.05, 4.69) is 11.9 Å². The minimum Gasteiger partial charge on any atom is -0.468 e. The Morgan fingerprint density at radius 1 is 1.47 bits per heavy atom. The monoisotopic (exact) mass is 209 g/mol. The highest BCUT2D eigenvalue weighted by Crippen LogP contribution is 2.23. The summed E-state index contributed by atoms with van der Waals surface area (Å²) in [5, 5.41) is 9.90. The molecule has 15 heavy (non-hydrogen) atoms. The Balaban J connectivity index is 1.91. The Morgan fingerprint density at radius 2 is 2.27 bits per heavy atom. The Labute approximate surface area is 90.7 Å². The molecule has 1 saturated carbocycles. The first-order valence-corrected chi connectivity index (χ1v) is 5.68. The van der Waals surface area contributed by atoms with Gasteiger partial charge in [-0.25, -0.2) is 0 Å². The fraction of sp³-hybridized carbons (Fsp3) is 0.667. The van der Waals surface area contributed by atoms with E-state index < -0.39 is 0 Å². The first-order chi connectivity index (χ1) is 7.27. The molecule has 3 heteroatoms. The smallest absolute Gasteiger partial charge is 0.117 e. The Morgan fingerprint density at radius 3 is 2.93 bits per heavy atom. The van der Waals surface area contributed by atoms with Crippen molar-refractivity contribution >= 4 is 0 Å². The van der Waals surface area contributed by atoms with Crippen LogP contribution in [0.2, 0.25) is 0 Å². The summed E-state index contributed by atoms with van der Waals surface area (Å²) in [5.41, 5.74) is 0. The summed E-state index contributed by atoms with van der Waals surface area (Å²) in [6.07, 6.45) is 5.95. The lowest BCUT2D eigenvalue weighted by Gasteiger charge is -2.34. The van der Waals surface area contributed by atoms with Crippen LogP contribution in [0, 0.1) is 0 Å². The van der Waals surface area contributed by atoms with E-state index in [1.807, 2.05) is 12.1 Å². The van der Waals surface area contributed by atoms with Gasteiger partial charge >= 0.3 is 0 Å². The number of aliphatic hydroxyl groups excluding tert-OH is 1. The molecule has 1 aromatic rings. The summed E-state index contributed by atoms with van der Waals surface area (Å²) in [5.74, 6) is 0.968. The molecule has 0 saturated heterocycles. The fourth-order valence-corrected chi connectivity index (χ4v) is 2.37. The number of furan rings is 1. The zero-order chi connectivity index (χ0) is 10.7. The van der Waals surface area contributed by atoms with Crippen molar-refractivity contribution in [2.75, 3.05) is 7.05 Å². The van der Waals surface area contributed by atoms with E-state index in [1.165, 1.54) is 6.42 Å². The highest BCUT2D eigenvalue weighted by Gasteiger charge is 2.26. The topological polar surface area (TPSA) is 36.6 Å². The third kappa shape index (κ3) is 2.61. The fourth-order valence-electron chi connectivity index (χ4n) is 2.37. The average Bonchev–Trinajstić information content (AvgIpc) is 2.71. The molecule has 1 aliphatic carbocycles. The van der Waals surface area contributed by atoms with Gasteiger partial charge in [0.2, 0.25) is 0 Å². The Kier molecular flexibility index (Phi) is 3.44. The zero-order valence-electron chi connectivity index (χ0n) is 9.22. The molecule has 0 unspecified atom stereocenters. The first-order valence-electron chi connectivity index (χ1n) is 5.68. The normalized spacial score (nSPS) is 27.1. The molecule has 2 rings (SSSR count). The van der Waals surface area contributed by atoms with Gasteiger partial charge in [0.05, 0.1) is 18.9 Å². The second kappa shape index (κ2) is 4.81. The van der Waals surface area contributed by atoms with Gasteiger partial charge in [0.15, 0.2) is 0 Å². The van der Waals surface area contributed by atoms with Crippen molar-refractivity contribution in [1.82, 2.24) is 4.90 Å². The van der Waals surface area contributed by atoms with Crippen LogP contribution in [0.25, 0.3) is 0 Å². The number of likely N-dealkylation sites (N-methyl/N-ethyl adjacent to an activating group) is 1. The summed E-state index contributed by atoms with van der Waals surface area (Å²) in [6.45, 7) is 0.786. The first kappa shape index (κ1) is 10.7. The van der Waals surface area contributed by atoms with Gasteiger partial charge in [-0.1, -0.05) is 12.8 Å². The molecule has 1 N–H and O–H groups in total. The molecule has 0 aromatic carbocycles. The molecule has 0 aliphatic heterocycles. The number of hydrogen-bond acceptors (Lipinski definition) is 3. The van der Waals surface area contributed by atoms with Gasteiger partial charge in [-0.05, 0) is 32.0 Å². The van der Waals surface area contributed by atoms with Gasteiger partial charge in [0.25, 0.3) is 0 Å². The summed E-state index contributed by atoms with van der Waals surface area (Å²) in [4.78, 5) is 2.20. The van der Waals surface area contributed by atoms with E-state index in [-0.39, 0.29) is 6.10 Å². The van der Waals surface area contributed by atoms with Crippen molar-refractivity contribution in [2.45, 2.75) is 44.4 Å². The maximum absolute atomic E-state index is 9.90. The summed E-state index contributed by atoms with van der Waals surface area (Å²) in [7, 11) is 2.06. The molecule has 0 spiro atoms. The average molecular weight is 209 g/mol. The summed E-state index contributed by atoms with van der Waals surface area (Å²) in [6, 6.07) is 4.18. The molecule has 1 aliphatic rings. The van der Waals surface area contributed by atoms with Crippen LogP contribution < -0.4 is 0 Å². The largest absolute Gasteiger partial charge is 0.468 e. The predicted octanol–water partition coefficient (Wildman–Crippen LogP) is 2.01. The molecule has 1 fully saturated rings. The van der Waals surface area contributed by atoms with Gasteiger partial charge in [0.1, 0.15) is 5.76 Å². The van der Waals surface area contributed by atoms with E-state index in [1.54, 1.807) is 6.26 Å². The highest BCUT2D eigenvalue weighted by atomic mass is 16.3. The van der Waals surface area contributed by atoms with Crippen molar-refractivity contribution in [3.8, 4) is 0 Å². The van der Waals surface area contributed by atoms with Crippen LogP contribution in [0.4, 0.5) is 0 Å². The van der Waals surface area contributed by atoms with E-state index in [0.29, 0.717) is 6.04 Å². The van der Waals surface area contributed by atoms with Gasteiger partial charge in [-0.2, -0.15) is 0 Å². The van der Waals surface area contributed by atoms with Gasteiger partial charge < -0.3 is 9.52 Å². The Bertz CT molecular complexity index is 284. The van der Waals surface area contributed by atoms with Crippen molar-refractivity contribution in [3.63, 3.8) is 0 Å². The second-order valence-electron chi connectivity index (χ2n) is 4.41. The van der Waals surface area contributed by atoms with Crippen LogP contribution in [-0.4, -0.2) is 29.2 Å². The van der Waals surface area contributed by atoms with Crippen LogP contribution in [0.1, 0.15) is 31.4 Å². The van der Waals surface area contributed by atoms with Gasteiger partial charge in [-0.3, -0.25) is 4.90 Å². The molecule has 2 atom stereocenters. The molecule has 1 aromatic heterocycles. The van der Waals surface area contributed by atoms with E-state index in [0.717, 1.165) is 31.6 Å². The molecule has 0 bridgehead atoms. The molecule has 0 amide bonds. The zero-order valence-corrected chi connectivity index (χ0v) is 9.22. The Hall–Kier alpha value is -0.800. The van der Waals surface area contributed by atoms with Crippen LogP contribution in [0.3, 0.4) is 0 Å². The molecule has 84 valence electrons. The van der Waals surface area contributed by atoms with Gasteiger partial charge in [-0.15, -0.1) is 0 Å². The maximum atomic E-state index is 9.90. The molecular weight excluding hydrogens is 190 g/mol. The number of rotatable bonds is 3. The van der Waals surface area contributed by atoms with Crippen LogP contribution >= 0.6 is 0 Å². The minimum atomic E-state index is -0.168. The predicted molar refractivity (Wildman–Crippen MR) is 58.4 cm³/mol. The maximum Gasteiger partial charge on any atom is 0.117 e. The van der Waals surface area contributed by atoms with E-state index in [4.69, 9.17) is 4.42 Å². The van der Waals surface area contributed by atoms with Crippen molar-refractivity contribution in [2.24, 2.45) is 0 Å². The molecular formula is C12H19NO2. The van der Waals surface area contributed by atoms with Crippen molar-refractivity contribution < 1.29 is 9.52 Å². The van der Waals surface area contributed by atoms with Crippen molar-refractivity contribution in [1.29, 1.82) is 0 Å². The third-order valence-corrected chi connectivity index (χ3v) is 3.25. The highest BCUT2D eigenvalue weighted by molar-refractivity contribution is 4.98.